The summed E-state index contributed by atoms with van der Waals surface area (Å²) in [6, 6.07) is 0. The molecular formula is C11H22N4O3. The van der Waals surface area contributed by atoms with Gasteiger partial charge in [-0.2, -0.15) is 0 Å². The van der Waals surface area contributed by atoms with Gasteiger partial charge in [-0.3, -0.25) is 4.68 Å². The lowest BCUT2D eigenvalue weighted by atomic mass is 10.2. The first-order valence-electron chi connectivity index (χ1n) is 6.14. The number of aromatic nitrogens is 3. The summed E-state index contributed by atoms with van der Waals surface area (Å²) in [6.07, 6.45) is 2.75. The number of hydrogen-bond donors (Lipinski definition) is 3. The van der Waals surface area contributed by atoms with Crippen LogP contribution in [0.1, 0.15) is 18.5 Å². The van der Waals surface area contributed by atoms with Gasteiger partial charge in [0.25, 0.3) is 0 Å². The largest absolute Gasteiger partial charge is 0.396 e. The Labute approximate surface area is 107 Å². The van der Waals surface area contributed by atoms with Crippen molar-refractivity contribution in [1.82, 2.24) is 20.3 Å². The standard InChI is InChI=1S/C11H22N4O3/c1-18-9-11(17)3-4-12-7-10-8-15(14-13-10)5-2-6-16/h8,11-12,16-17H,2-7,9H2,1H3. The molecule has 0 aromatic carbocycles. The van der Waals surface area contributed by atoms with Crippen LogP contribution in [0.15, 0.2) is 6.20 Å². The molecule has 0 radical (unpaired) electrons. The van der Waals surface area contributed by atoms with Gasteiger partial charge in [0.15, 0.2) is 0 Å². The van der Waals surface area contributed by atoms with E-state index in [1.165, 1.54) is 0 Å². The van der Waals surface area contributed by atoms with Crippen molar-refractivity contribution in [1.29, 1.82) is 0 Å². The van der Waals surface area contributed by atoms with Crippen molar-refractivity contribution in [3.63, 3.8) is 0 Å². The van der Waals surface area contributed by atoms with E-state index >= 15 is 0 Å². The van der Waals surface area contributed by atoms with Crippen molar-refractivity contribution in [3.8, 4) is 0 Å². The van der Waals surface area contributed by atoms with Crippen molar-refractivity contribution in [3.05, 3.63) is 11.9 Å². The number of aryl methyl sites for hydroxylation is 1. The summed E-state index contributed by atoms with van der Waals surface area (Å²) >= 11 is 0. The minimum absolute atomic E-state index is 0.158. The Hall–Kier alpha value is -1.02. The van der Waals surface area contributed by atoms with Gasteiger partial charge in [0, 0.05) is 33.0 Å². The fraction of sp³-hybridized carbons (Fsp3) is 0.818. The van der Waals surface area contributed by atoms with E-state index < -0.39 is 6.10 Å². The fourth-order valence-corrected chi connectivity index (χ4v) is 1.52. The average Bonchev–Trinajstić information content (AvgIpc) is 2.80. The van der Waals surface area contributed by atoms with Gasteiger partial charge in [0.1, 0.15) is 0 Å². The van der Waals surface area contributed by atoms with Crippen molar-refractivity contribution < 1.29 is 14.9 Å². The van der Waals surface area contributed by atoms with Crippen LogP contribution in [0.25, 0.3) is 0 Å². The Kier molecular flexibility index (Phi) is 7.51. The molecule has 1 aromatic rings. The Bertz CT molecular complexity index is 319. The molecule has 0 aliphatic carbocycles. The first kappa shape index (κ1) is 15.0. The SMILES string of the molecule is COCC(O)CCNCc1cn(CCCO)nn1. The van der Waals surface area contributed by atoms with E-state index in [2.05, 4.69) is 15.6 Å². The number of ether oxygens (including phenoxy) is 1. The number of hydrogen-bond acceptors (Lipinski definition) is 6. The van der Waals surface area contributed by atoms with Gasteiger partial charge in [-0.05, 0) is 19.4 Å². The number of nitrogens with zero attached hydrogens (tertiary/aromatic N) is 3. The zero-order chi connectivity index (χ0) is 13.2. The van der Waals surface area contributed by atoms with Gasteiger partial charge in [0.2, 0.25) is 0 Å². The second-order valence-electron chi connectivity index (χ2n) is 4.12. The summed E-state index contributed by atoms with van der Waals surface area (Å²) in [5, 5.41) is 29.2. The number of rotatable bonds is 10. The van der Waals surface area contributed by atoms with Crippen LogP contribution in [0.3, 0.4) is 0 Å². The molecule has 7 heteroatoms. The lowest BCUT2D eigenvalue weighted by Gasteiger charge is -2.08. The topological polar surface area (TPSA) is 92.4 Å². The molecule has 3 N–H and O–H groups in total. The Balaban J connectivity index is 2.13. The van der Waals surface area contributed by atoms with E-state index in [-0.39, 0.29) is 6.61 Å². The minimum atomic E-state index is -0.428. The molecular weight excluding hydrogens is 236 g/mol. The molecule has 0 saturated carbocycles. The molecule has 0 amide bonds. The van der Waals surface area contributed by atoms with Gasteiger partial charge >= 0.3 is 0 Å². The number of nitrogens with one attached hydrogen (secondary N) is 1. The maximum Gasteiger partial charge on any atom is 0.0964 e. The smallest absolute Gasteiger partial charge is 0.0964 e. The van der Waals surface area contributed by atoms with Crippen LogP contribution in [0.2, 0.25) is 0 Å². The summed E-state index contributed by atoms with van der Waals surface area (Å²) in [7, 11) is 1.57. The fourth-order valence-electron chi connectivity index (χ4n) is 1.52. The molecule has 1 aromatic heterocycles. The van der Waals surface area contributed by atoms with Crippen LogP contribution in [0.4, 0.5) is 0 Å². The highest BCUT2D eigenvalue weighted by atomic mass is 16.5. The monoisotopic (exact) mass is 258 g/mol. The average molecular weight is 258 g/mol. The number of aliphatic hydroxyl groups excluding tert-OH is 2. The quantitative estimate of drug-likeness (QED) is 0.473. The molecule has 0 saturated heterocycles. The van der Waals surface area contributed by atoms with Crippen molar-refractivity contribution in [2.75, 3.05) is 26.9 Å². The number of methoxy groups -OCH3 is 1. The normalized spacial score (nSPS) is 12.8. The second kappa shape index (κ2) is 8.98. The van der Waals surface area contributed by atoms with E-state index in [1.54, 1.807) is 11.8 Å². The van der Waals surface area contributed by atoms with Crippen molar-refractivity contribution in [2.24, 2.45) is 0 Å². The van der Waals surface area contributed by atoms with E-state index in [9.17, 15) is 5.11 Å². The maximum atomic E-state index is 9.43. The summed E-state index contributed by atoms with van der Waals surface area (Å²) < 4.78 is 6.55. The number of aliphatic hydroxyl groups is 2. The highest BCUT2D eigenvalue weighted by Crippen LogP contribution is 1.95. The third kappa shape index (κ3) is 6.06. The van der Waals surface area contributed by atoms with Crippen LogP contribution in [-0.2, 0) is 17.8 Å². The molecule has 7 nitrogen and oxygen atoms in total. The van der Waals surface area contributed by atoms with Crippen molar-refractivity contribution >= 4 is 0 Å². The maximum absolute atomic E-state index is 9.43. The van der Waals surface area contributed by atoms with Crippen LogP contribution in [-0.4, -0.2) is 58.2 Å². The molecule has 0 spiro atoms. The molecule has 1 atom stereocenters. The first-order valence-corrected chi connectivity index (χ1v) is 6.14. The van der Waals surface area contributed by atoms with E-state index in [4.69, 9.17) is 9.84 Å². The van der Waals surface area contributed by atoms with Gasteiger partial charge in [-0.25, -0.2) is 0 Å². The van der Waals surface area contributed by atoms with Gasteiger partial charge in [-0.15, -0.1) is 5.10 Å². The summed E-state index contributed by atoms with van der Waals surface area (Å²) in [5.74, 6) is 0. The first-order chi connectivity index (χ1) is 8.76. The zero-order valence-corrected chi connectivity index (χ0v) is 10.7. The van der Waals surface area contributed by atoms with Crippen LogP contribution < -0.4 is 5.32 Å². The lowest BCUT2D eigenvalue weighted by Crippen LogP contribution is -2.23. The molecule has 1 rings (SSSR count). The molecule has 104 valence electrons. The minimum Gasteiger partial charge on any atom is -0.396 e. The molecule has 1 unspecified atom stereocenters. The molecule has 0 aliphatic rings. The van der Waals surface area contributed by atoms with E-state index in [0.29, 0.717) is 39.1 Å². The Morgan fingerprint density at radius 3 is 3.11 bits per heavy atom. The molecule has 18 heavy (non-hydrogen) atoms. The summed E-state index contributed by atoms with van der Waals surface area (Å²) in [4.78, 5) is 0. The van der Waals surface area contributed by atoms with E-state index in [1.807, 2.05) is 6.20 Å². The molecule has 0 fully saturated rings. The van der Waals surface area contributed by atoms with Gasteiger partial charge in [-0.1, -0.05) is 5.21 Å². The highest BCUT2D eigenvalue weighted by Gasteiger charge is 2.03. The van der Waals surface area contributed by atoms with Crippen LogP contribution >= 0.6 is 0 Å². The van der Waals surface area contributed by atoms with Crippen LogP contribution in [0.5, 0.6) is 0 Å². The summed E-state index contributed by atoms with van der Waals surface area (Å²) in [6.45, 7) is 2.52. The lowest BCUT2D eigenvalue weighted by molar-refractivity contribution is 0.0594. The zero-order valence-electron chi connectivity index (χ0n) is 10.7. The molecule has 0 aliphatic heterocycles. The third-order valence-electron chi connectivity index (χ3n) is 2.45. The van der Waals surface area contributed by atoms with E-state index in [0.717, 1.165) is 5.69 Å². The van der Waals surface area contributed by atoms with Gasteiger partial charge in [0.05, 0.1) is 18.4 Å². The second-order valence-corrected chi connectivity index (χ2v) is 4.12. The van der Waals surface area contributed by atoms with Crippen LogP contribution in [0, 0.1) is 0 Å². The molecule has 0 bridgehead atoms. The predicted molar refractivity (Wildman–Crippen MR) is 65.9 cm³/mol. The predicted octanol–water partition coefficient (Wildman–Crippen LogP) is -0.852. The third-order valence-corrected chi connectivity index (χ3v) is 2.45. The Morgan fingerprint density at radius 2 is 2.39 bits per heavy atom. The highest BCUT2D eigenvalue weighted by molar-refractivity contribution is 4.91. The molecule has 1 heterocycles. The van der Waals surface area contributed by atoms with Gasteiger partial charge < -0.3 is 20.3 Å². The van der Waals surface area contributed by atoms with Crippen molar-refractivity contribution in [2.45, 2.75) is 32.0 Å². The summed E-state index contributed by atoms with van der Waals surface area (Å²) in [5.41, 5.74) is 0.856. The Morgan fingerprint density at radius 1 is 1.56 bits per heavy atom.